The second-order valence-corrected chi connectivity index (χ2v) is 7.04. The fourth-order valence-electron chi connectivity index (χ4n) is 2.87. The number of hydrogen-bond donors (Lipinski definition) is 1. The third-order valence-electron chi connectivity index (χ3n) is 4.04. The zero-order chi connectivity index (χ0) is 16.7. The van der Waals surface area contributed by atoms with Crippen molar-refractivity contribution in [3.8, 4) is 33.9 Å². The largest absolute Gasteiger partial charge is 0.454 e. The van der Waals surface area contributed by atoms with E-state index >= 15 is 0 Å². The summed E-state index contributed by atoms with van der Waals surface area (Å²) in [6.45, 7) is 2.30. The highest BCUT2D eigenvalue weighted by atomic mass is 32.2. The third-order valence-corrected chi connectivity index (χ3v) is 5.48. The second kappa shape index (κ2) is 6.03. The first-order chi connectivity index (χ1) is 11.7. The van der Waals surface area contributed by atoms with Crippen LogP contribution < -0.4 is 15.2 Å². The molecule has 0 radical (unpaired) electrons. The Morgan fingerprint density at radius 2 is 2.04 bits per heavy atom. The van der Waals surface area contributed by atoms with E-state index in [1.54, 1.807) is 11.8 Å². The summed E-state index contributed by atoms with van der Waals surface area (Å²) in [4.78, 5) is 1.09. The van der Waals surface area contributed by atoms with Crippen LogP contribution in [0.2, 0.25) is 0 Å². The van der Waals surface area contributed by atoms with Gasteiger partial charge in [-0.3, -0.25) is 0 Å². The zero-order valence-corrected chi connectivity index (χ0v) is 15.0. The molecule has 4 rings (SSSR count). The van der Waals surface area contributed by atoms with E-state index in [0.717, 1.165) is 50.0 Å². The molecule has 6 heteroatoms. The van der Waals surface area contributed by atoms with Crippen molar-refractivity contribution in [3.63, 3.8) is 0 Å². The number of nitrogens with zero attached hydrogens (tertiary/aromatic N) is 1. The number of hydrogen-bond acceptors (Lipinski definition) is 6. The van der Waals surface area contributed by atoms with Crippen LogP contribution in [-0.2, 0) is 0 Å². The lowest BCUT2D eigenvalue weighted by molar-refractivity contribution is 0.173. The minimum Gasteiger partial charge on any atom is -0.454 e. The Labute approximate surface area is 148 Å². The standard InChI is InChI=1S/C18H16N2O2S2/c1-10-5-12(7-15-18(10)22-9-21-15)17-13(8-24-20-17)11-3-4-16(23-2)14(19)6-11/h3-8H,9,19H2,1-2H3. The minimum atomic E-state index is 0.274. The van der Waals surface area contributed by atoms with E-state index in [9.17, 15) is 0 Å². The van der Waals surface area contributed by atoms with Gasteiger partial charge in [-0.15, -0.1) is 11.8 Å². The van der Waals surface area contributed by atoms with Gasteiger partial charge in [0.1, 0.15) is 0 Å². The molecular formula is C18H16N2O2S2. The van der Waals surface area contributed by atoms with Crippen LogP contribution in [0.15, 0.2) is 40.6 Å². The van der Waals surface area contributed by atoms with E-state index in [0.29, 0.717) is 0 Å². The lowest BCUT2D eigenvalue weighted by atomic mass is 10.00. The first-order valence-electron chi connectivity index (χ1n) is 7.46. The molecule has 1 aliphatic heterocycles. The third kappa shape index (κ3) is 2.52. The van der Waals surface area contributed by atoms with Crippen LogP contribution in [0.1, 0.15) is 5.56 Å². The summed E-state index contributed by atoms with van der Waals surface area (Å²) >= 11 is 3.09. The van der Waals surface area contributed by atoms with E-state index in [-0.39, 0.29) is 6.79 Å². The predicted octanol–water partition coefficient (Wildman–Crippen LogP) is 4.82. The maximum Gasteiger partial charge on any atom is 0.231 e. The summed E-state index contributed by atoms with van der Waals surface area (Å²) in [7, 11) is 0. The van der Waals surface area contributed by atoms with Gasteiger partial charge in [0.25, 0.3) is 0 Å². The summed E-state index contributed by atoms with van der Waals surface area (Å²) in [5, 5.41) is 2.06. The average molecular weight is 356 g/mol. The molecule has 0 amide bonds. The van der Waals surface area contributed by atoms with Crippen molar-refractivity contribution in [2.75, 3.05) is 18.8 Å². The molecule has 2 N–H and O–H groups in total. The van der Waals surface area contributed by atoms with Crippen LogP contribution in [0, 0.1) is 6.92 Å². The average Bonchev–Trinajstić information content (AvgIpc) is 3.23. The van der Waals surface area contributed by atoms with Gasteiger partial charge in [-0.05, 0) is 60.1 Å². The topological polar surface area (TPSA) is 57.4 Å². The van der Waals surface area contributed by atoms with Crippen molar-refractivity contribution < 1.29 is 9.47 Å². The van der Waals surface area contributed by atoms with Gasteiger partial charge >= 0.3 is 0 Å². The fourth-order valence-corrected chi connectivity index (χ4v) is 4.09. The number of aromatic nitrogens is 1. The van der Waals surface area contributed by atoms with Crippen LogP contribution in [-0.4, -0.2) is 17.4 Å². The Hall–Kier alpha value is -2.18. The smallest absolute Gasteiger partial charge is 0.231 e. The Kier molecular flexibility index (Phi) is 3.86. The molecule has 0 aliphatic carbocycles. The predicted molar refractivity (Wildman–Crippen MR) is 100 cm³/mol. The second-order valence-electron chi connectivity index (χ2n) is 5.56. The van der Waals surface area contributed by atoms with Crippen LogP contribution in [0.25, 0.3) is 22.4 Å². The molecule has 0 bridgehead atoms. The van der Waals surface area contributed by atoms with Crippen molar-refractivity contribution in [3.05, 3.63) is 41.3 Å². The SMILES string of the molecule is CSc1ccc(-c2csnc2-c2cc(C)c3c(c2)OCO3)cc1N. The molecule has 0 saturated carbocycles. The first-order valence-corrected chi connectivity index (χ1v) is 9.52. The summed E-state index contributed by atoms with van der Waals surface area (Å²) in [5.74, 6) is 1.60. The highest BCUT2D eigenvalue weighted by molar-refractivity contribution is 7.98. The molecule has 0 atom stereocenters. The molecular weight excluding hydrogens is 340 g/mol. The molecule has 1 aliphatic rings. The highest BCUT2D eigenvalue weighted by Crippen LogP contribution is 2.42. The van der Waals surface area contributed by atoms with Gasteiger partial charge in [-0.1, -0.05) is 6.07 Å². The Morgan fingerprint density at radius 3 is 2.83 bits per heavy atom. The monoisotopic (exact) mass is 356 g/mol. The summed E-state index contributed by atoms with van der Waals surface area (Å²) in [5.41, 5.74) is 12.1. The van der Waals surface area contributed by atoms with Gasteiger partial charge in [0.2, 0.25) is 6.79 Å². The normalized spacial score (nSPS) is 12.6. The zero-order valence-electron chi connectivity index (χ0n) is 13.3. The van der Waals surface area contributed by atoms with Crippen LogP contribution in [0.4, 0.5) is 5.69 Å². The van der Waals surface area contributed by atoms with Gasteiger partial charge in [-0.2, -0.15) is 4.37 Å². The maximum atomic E-state index is 6.15. The highest BCUT2D eigenvalue weighted by Gasteiger charge is 2.20. The van der Waals surface area contributed by atoms with Crippen molar-refractivity contribution >= 4 is 29.0 Å². The Balaban J connectivity index is 1.81. The van der Waals surface area contributed by atoms with E-state index in [2.05, 4.69) is 28.0 Å². The van der Waals surface area contributed by atoms with Gasteiger partial charge in [0.15, 0.2) is 11.5 Å². The molecule has 3 aromatic rings. The van der Waals surface area contributed by atoms with Crippen molar-refractivity contribution in [2.45, 2.75) is 11.8 Å². The lowest BCUT2D eigenvalue weighted by Gasteiger charge is -2.09. The molecule has 0 fully saturated rings. The van der Waals surface area contributed by atoms with Gasteiger partial charge in [0.05, 0.1) is 5.69 Å². The van der Waals surface area contributed by atoms with Crippen LogP contribution in [0.5, 0.6) is 11.5 Å². The number of fused-ring (bicyclic) bond motifs is 1. The molecule has 24 heavy (non-hydrogen) atoms. The molecule has 0 spiro atoms. The number of rotatable bonds is 3. The van der Waals surface area contributed by atoms with E-state index in [1.807, 2.05) is 25.3 Å². The molecule has 1 aromatic heterocycles. The van der Waals surface area contributed by atoms with Crippen molar-refractivity contribution in [1.82, 2.24) is 4.37 Å². The number of thioether (sulfide) groups is 1. The maximum absolute atomic E-state index is 6.15. The van der Waals surface area contributed by atoms with E-state index < -0.39 is 0 Å². The van der Waals surface area contributed by atoms with E-state index in [1.165, 1.54) is 11.5 Å². The van der Waals surface area contributed by atoms with Crippen LogP contribution >= 0.6 is 23.3 Å². The van der Waals surface area contributed by atoms with Crippen LogP contribution in [0.3, 0.4) is 0 Å². The summed E-state index contributed by atoms with van der Waals surface area (Å²) in [6, 6.07) is 10.2. The number of benzene rings is 2. The summed E-state index contributed by atoms with van der Waals surface area (Å²) < 4.78 is 15.6. The van der Waals surface area contributed by atoms with E-state index in [4.69, 9.17) is 15.2 Å². The van der Waals surface area contributed by atoms with Gasteiger partial charge in [0, 0.05) is 27.1 Å². The molecule has 0 saturated heterocycles. The molecule has 4 nitrogen and oxygen atoms in total. The molecule has 0 unspecified atom stereocenters. The number of ether oxygens (including phenoxy) is 2. The number of nitrogen functional groups attached to an aromatic ring is 1. The first kappa shape index (κ1) is 15.4. The molecule has 2 aromatic carbocycles. The number of nitrogens with two attached hydrogens (primary N) is 1. The van der Waals surface area contributed by atoms with Gasteiger partial charge in [-0.25, -0.2) is 0 Å². The Morgan fingerprint density at radius 1 is 1.17 bits per heavy atom. The van der Waals surface area contributed by atoms with Crippen molar-refractivity contribution in [2.24, 2.45) is 0 Å². The van der Waals surface area contributed by atoms with Gasteiger partial charge < -0.3 is 15.2 Å². The number of aryl methyl sites for hydroxylation is 1. The molecule has 122 valence electrons. The number of anilines is 1. The minimum absolute atomic E-state index is 0.274. The quantitative estimate of drug-likeness (QED) is 0.539. The molecule has 2 heterocycles. The fraction of sp³-hybridized carbons (Fsp3) is 0.167. The summed E-state index contributed by atoms with van der Waals surface area (Å²) in [6.07, 6.45) is 2.03. The Bertz CT molecular complexity index is 921. The van der Waals surface area contributed by atoms with Crippen molar-refractivity contribution in [1.29, 1.82) is 0 Å². The lowest BCUT2D eigenvalue weighted by Crippen LogP contribution is -1.93.